The molecule has 5 heteroatoms. The lowest BCUT2D eigenvalue weighted by Crippen LogP contribution is -2.37. The molecule has 0 aromatic carbocycles. The molecule has 1 heterocycles. The third-order valence-corrected chi connectivity index (χ3v) is 2.63. The standard InChI is InChI=1S/C10H17NO4/c1-7(6-14-2)11-5-8(4-9(11)12)10(13)15-3/h7-8H,4-6H2,1-3H3/t7-,8+/m0/s1. The molecule has 5 nitrogen and oxygen atoms in total. The number of hydrogen-bond acceptors (Lipinski definition) is 4. The third-order valence-electron chi connectivity index (χ3n) is 2.63. The second-order valence-corrected chi connectivity index (χ2v) is 3.77. The number of amides is 1. The molecular weight excluding hydrogens is 198 g/mol. The van der Waals surface area contributed by atoms with E-state index < -0.39 is 0 Å². The predicted octanol–water partition coefficient (Wildman–Crippen LogP) is 0.0428. The number of likely N-dealkylation sites (tertiary alicyclic amines) is 1. The topological polar surface area (TPSA) is 55.8 Å². The second-order valence-electron chi connectivity index (χ2n) is 3.77. The molecule has 1 fully saturated rings. The highest BCUT2D eigenvalue weighted by Gasteiger charge is 2.37. The van der Waals surface area contributed by atoms with E-state index in [4.69, 9.17) is 4.74 Å². The van der Waals surface area contributed by atoms with E-state index in [2.05, 4.69) is 4.74 Å². The summed E-state index contributed by atoms with van der Waals surface area (Å²) >= 11 is 0. The molecule has 15 heavy (non-hydrogen) atoms. The Morgan fingerprint density at radius 3 is 2.80 bits per heavy atom. The number of nitrogens with zero attached hydrogens (tertiary/aromatic N) is 1. The Bertz CT molecular complexity index is 254. The number of hydrogen-bond donors (Lipinski definition) is 0. The molecule has 0 bridgehead atoms. The fraction of sp³-hybridized carbons (Fsp3) is 0.800. The van der Waals surface area contributed by atoms with Gasteiger partial charge < -0.3 is 14.4 Å². The van der Waals surface area contributed by atoms with Crippen molar-refractivity contribution >= 4 is 11.9 Å². The number of rotatable bonds is 4. The number of carbonyl (C=O) groups is 2. The van der Waals surface area contributed by atoms with Gasteiger partial charge >= 0.3 is 5.97 Å². The Balaban J connectivity index is 2.56. The van der Waals surface area contributed by atoms with Gasteiger partial charge in [0, 0.05) is 20.1 Å². The first-order valence-corrected chi connectivity index (χ1v) is 4.96. The maximum Gasteiger partial charge on any atom is 0.310 e. The van der Waals surface area contributed by atoms with Crippen LogP contribution in [-0.4, -0.2) is 50.2 Å². The van der Waals surface area contributed by atoms with Crippen molar-refractivity contribution < 1.29 is 19.1 Å². The fourth-order valence-corrected chi connectivity index (χ4v) is 1.81. The van der Waals surface area contributed by atoms with Gasteiger partial charge in [-0.2, -0.15) is 0 Å². The van der Waals surface area contributed by atoms with Crippen LogP contribution in [0.25, 0.3) is 0 Å². The molecule has 1 aliphatic heterocycles. The van der Waals surface area contributed by atoms with Crippen LogP contribution < -0.4 is 0 Å². The zero-order valence-electron chi connectivity index (χ0n) is 9.36. The second kappa shape index (κ2) is 5.11. The number of methoxy groups -OCH3 is 2. The lowest BCUT2D eigenvalue weighted by atomic mass is 10.1. The summed E-state index contributed by atoms with van der Waals surface area (Å²) in [6.45, 7) is 2.83. The normalized spacial score (nSPS) is 23.0. The van der Waals surface area contributed by atoms with Gasteiger partial charge in [-0.05, 0) is 6.92 Å². The highest BCUT2D eigenvalue weighted by molar-refractivity contribution is 5.86. The van der Waals surface area contributed by atoms with Gasteiger partial charge in [-0.3, -0.25) is 9.59 Å². The van der Waals surface area contributed by atoms with Crippen LogP contribution in [-0.2, 0) is 19.1 Å². The Morgan fingerprint density at radius 2 is 2.27 bits per heavy atom. The minimum Gasteiger partial charge on any atom is -0.469 e. The minimum absolute atomic E-state index is 0.00468. The Morgan fingerprint density at radius 1 is 1.60 bits per heavy atom. The van der Waals surface area contributed by atoms with Crippen LogP contribution in [0.5, 0.6) is 0 Å². The first kappa shape index (κ1) is 12.0. The van der Waals surface area contributed by atoms with E-state index in [0.717, 1.165) is 0 Å². The van der Waals surface area contributed by atoms with Crippen molar-refractivity contribution in [3.8, 4) is 0 Å². The molecule has 1 saturated heterocycles. The fourth-order valence-electron chi connectivity index (χ4n) is 1.81. The summed E-state index contributed by atoms with van der Waals surface area (Å²) in [5.74, 6) is -0.632. The van der Waals surface area contributed by atoms with Crippen molar-refractivity contribution in [3.63, 3.8) is 0 Å². The van der Waals surface area contributed by atoms with Gasteiger partial charge in [0.1, 0.15) is 0 Å². The van der Waals surface area contributed by atoms with Crippen LogP contribution in [0.4, 0.5) is 0 Å². The molecule has 0 unspecified atom stereocenters. The minimum atomic E-state index is -0.318. The summed E-state index contributed by atoms with van der Waals surface area (Å²) in [7, 11) is 2.93. The van der Waals surface area contributed by atoms with E-state index in [1.807, 2.05) is 6.92 Å². The first-order chi connectivity index (χ1) is 7.10. The van der Waals surface area contributed by atoms with Crippen LogP contribution >= 0.6 is 0 Å². The molecule has 1 amide bonds. The smallest absolute Gasteiger partial charge is 0.310 e. The Kier molecular flexibility index (Phi) is 4.08. The van der Waals surface area contributed by atoms with Crippen LogP contribution in [0.2, 0.25) is 0 Å². The lowest BCUT2D eigenvalue weighted by Gasteiger charge is -2.23. The van der Waals surface area contributed by atoms with Crippen molar-refractivity contribution in [2.45, 2.75) is 19.4 Å². The van der Waals surface area contributed by atoms with Gasteiger partial charge in [0.25, 0.3) is 0 Å². The molecular formula is C10H17NO4. The largest absolute Gasteiger partial charge is 0.469 e. The predicted molar refractivity (Wildman–Crippen MR) is 53.2 cm³/mol. The van der Waals surface area contributed by atoms with Crippen molar-refractivity contribution in [1.82, 2.24) is 4.90 Å². The summed E-state index contributed by atoms with van der Waals surface area (Å²) in [6.07, 6.45) is 0.251. The molecule has 0 saturated carbocycles. The highest BCUT2D eigenvalue weighted by Crippen LogP contribution is 2.21. The molecule has 86 valence electrons. The van der Waals surface area contributed by atoms with E-state index in [0.29, 0.717) is 13.2 Å². The van der Waals surface area contributed by atoms with Crippen LogP contribution in [0.1, 0.15) is 13.3 Å². The van der Waals surface area contributed by atoms with Crippen LogP contribution in [0, 0.1) is 5.92 Å². The first-order valence-electron chi connectivity index (χ1n) is 4.96. The van der Waals surface area contributed by atoms with Crippen molar-refractivity contribution in [2.75, 3.05) is 27.4 Å². The van der Waals surface area contributed by atoms with E-state index in [9.17, 15) is 9.59 Å². The summed E-state index contributed by atoms with van der Waals surface area (Å²) in [5, 5.41) is 0. The maximum absolute atomic E-state index is 11.6. The van der Waals surface area contributed by atoms with E-state index in [1.165, 1.54) is 7.11 Å². The van der Waals surface area contributed by atoms with Gasteiger partial charge in [0.05, 0.1) is 25.7 Å². The van der Waals surface area contributed by atoms with Crippen molar-refractivity contribution in [2.24, 2.45) is 5.92 Å². The summed E-state index contributed by atoms with van der Waals surface area (Å²) in [4.78, 5) is 24.5. The summed E-state index contributed by atoms with van der Waals surface area (Å²) in [6, 6.07) is 0.0113. The molecule has 0 spiro atoms. The highest BCUT2D eigenvalue weighted by atomic mass is 16.5. The van der Waals surface area contributed by atoms with Crippen molar-refractivity contribution in [3.05, 3.63) is 0 Å². The SMILES string of the molecule is COC[C@H](C)N1C[C@H](C(=O)OC)CC1=O. The molecule has 0 aromatic rings. The van der Waals surface area contributed by atoms with Gasteiger partial charge in [-0.1, -0.05) is 0 Å². The molecule has 0 N–H and O–H groups in total. The molecule has 2 atom stereocenters. The maximum atomic E-state index is 11.6. The Hall–Kier alpha value is -1.10. The summed E-state index contributed by atoms with van der Waals surface area (Å²) in [5.41, 5.74) is 0. The van der Waals surface area contributed by atoms with E-state index >= 15 is 0 Å². The quantitative estimate of drug-likeness (QED) is 0.621. The zero-order chi connectivity index (χ0) is 11.4. The number of esters is 1. The van der Waals surface area contributed by atoms with Gasteiger partial charge in [0.15, 0.2) is 0 Å². The Labute approximate surface area is 89.3 Å². The zero-order valence-corrected chi connectivity index (χ0v) is 9.36. The van der Waals surface area contributed by atoms with Crippen LogP contribution in [0.3, 0.4) is 0 Å². The monoisotopic (exact) mass is 215 g/mol. The third kappa shape index (κ3) is 2.68. The lowest BCUT2D eigenvalue weighted by molar-refractivity contribution is -0.145. The summed E-state index contributed by atoms with van der Waals surface area (Å²) < 4.78 is 9.60. The van der Waals surface area contributed by atoms with Gasteiger partial charge in [-0.25, -0.2) is 0 Å². The number of carbonyl (C=O) groups excluding carboxylic acids is 2. The van der Waals surface area contributed by atoms with Gasteiger partial charge in [0.2, 0.25) is 5.91 Å². The average Bonchev–Trinajstić information content (AvgIpc) is 2.59. The molecule has 1 aliphatic rings. The average molecular weight is 215 g/mol. The van der Waals surface area contributed by atoms with E-state index in [1.54, 1.807) is 12.0 Å². The molecule has 0 aromatic heterocycles. The number of ether oxygens (including phenoxy) is 2. The van der Waals surface area contributed by atoms with Crippen molar-refractivity contribution in [1.29, 1.82) is 0 Å². The van der Waals surface area contributed by atoms with Crippen LogP contribution in [0.15, 0.2) is 0 Å². The molecule has 1 rings (SSSR count). The van der Waals surface area contributed by atoms with Gasteiger partial charge in [-0.15, -0.1) is 0 Å². The molecule has 0 radical (unpaired) electrons. The molecule has 0 aliphatic carbocycles. The van der Waals surface area contributed by atoms with E-state index in [-0.39, 0.29) is 30.3 Å².